The second kappa shape index (κ2) is 6.06. The van der Waals surface area contributed by atoms with Gasteiger partial charge < -0.3 is 15.1 Å². The minimum absolute atomic E-state index is 0.254. The Labute approximate surface area is 127 Å². The van der Waals surface area contributed by atoms with Gasteiger partial charge in [-0.3, -0.25) is 4.79 Å². The van der Waals surface area contributed by atoms with Crippen LogP contribution in [0.2, 0.25) is 0 Å². The van der Waals surface area contributed by atoms with Crippen molar-refractivity contribution in [2.75, 3.05) is 36.5 Å². The van der Waals surface area contributed by atoms with Gasteiger partial charge in [0.1, 0.15) is 0 Å². The van der Waals surface area contributed by atoms with E-state index in [1.54, 1.807) is 0 Å². The Kier molecular flexibility index (Phi) is 4.15. The van der Waals surface area contributed by atoms with Crippen LogP contribution < -0.4 is 15.1 Å². The van der Waals surface area contributed by atoms with Crippen molar-refractivity contribution in [2.24, 2.45) is 5.92 Å². The molecule has 2 unspecified atom stereocenters. The Balaban J connectivity index is 1.84. The fourth-order valence-corrected chi connectivity index (χ4v) is 3.54. The third kappa shape index (κ3) is 3.05. The number of para-hydroxylation sites is 2. The maximum Gasteiger partial charge on any atom is 0.228 e. The second-order valence-corrected chi connectivity index (χ2v) is 6.48. The molecule has 21 heavy (non-hydrogen) atoms. The Morgan fingerprint density at radius 1 is 1.29 bits per heavy atom. The van der Waals surface area contributed by atoms with Gasteiger partial charge in [0.25, 0.3) is 0 Å². The Hall–Kier alpha value is -1.55. The van der Waals surface area contributed by atoms with Crippen molar-refractivity contribution < 1.29 is 4.79 Å². The van der Waals surface area contributed by atoms with Gasteiger partial charge in [-0.2, -0.15) is 0 Å². The Bertz CT molecular complexity index is 511. The topological polar surface area (TPSA) is 35.6 Å². The van der Waals surface area contributed by atoms with E-state index >= 15 is 0 Å². The minimum atomic E-state index is 0.254. The van der Waals surface area contributed by atoms with Gasteiger partial charge in [0.15, 0.2) is 0 Å². The smallest absolute Gasteiger partial charge is 0.228 e. The van der Waals surface area contributed by atoms with Gasteiger partial charge in [-0.05, 0) is 37.4 Å². The first kappa shape index (κ1) is 14.4. The Morgan fingerprint density at radius 3 is 2.76 bits per heavy atom. The van der Waals surface area contributed by atoms with E-state index in [9.17, 15) is 4.79 Å². The first-order valence-corrected chi connectivity index (χ1v) is 7.99. The lowest BCUT2D eigenvalue weighted by Crippen LogP contribution is -2.38. The van der Waals surface area contributed by atoms with Crippen LogP contribution in [0.1, 0.15) is 26.2 Å². The van der Waals surface area contributed by atoms with E-state index in [1.807, 2.05) is 17.0 Å². The molecule has 1 saturated heterocycles. The van der Waals surface area contributed by atoms with Gasteiger partial charge in [-0.15, -0.1) is 0 Å². The van der Waals surface area contributed by atoms with Crippen molar-refractivity contribution in [3.63, 3.8) is 0 Å². The predicted octanol–water partition coefficient (Wildman–Crippen LogP) is 2.25. The van der Waals surface area contributed by atoms with Crippen LogP contribution >= 0.6 is 0 Å². The molecule has 1 fully saturated rings. The molecule has 4 heteroatoms. The highest BCUT2D eigenvalue weighted by molar-refractivity contribution is 5.97. The lowest BCUT2D eigenvalue weighted by molar-refractivity contribution is -0.119. The number of hydrogen-bond acceptors (Lipinski definition) is 3. The molecule has 0 saturated carbocycles. The molecule has 0 aliphatic carbocycles. The Morgan fingerprint density at radius 2 is 2.05 bits per heavy atom. The van der Waals surface area contributed by atoms with Gasteiger partial charge in [-0.25, -0.2) is 0 Å². The van der Waals surface area contributed by atoms with Crippen LogP contribution in [0.5, 0.6) is 0 Å². The number of carbonyl (C=O) groups excluding carboxylic acids is 1. The quantitative estimate of drug-likeness (QED) is 0.906. The fourth-order valence-electron chi connectivity index (χ4n) is 3.54. The zero-order chi connectivity index (χ0) is 14.8. The number of rotatable bonds is 2. The zero-order valence-corrected chi connectivity index (χ0v) is 13.0. The van der Waals surface area contributed by atoms with Crippen molar-refractivity contribution in [3.8, 4) is 0 Å². The van der Waals surface area contributed by atoms with E-state index in [4.69, 9.17) is 0 Å². The summed E-state index contributed by atoms with van der Waals surface area (Å²) in [6.07, 6.45) is 2.93. The molecule has 2 atom stereocenters. The van der Waals surface area contributed by atoms with Gasteiger partial charge in [0.05, 0.1) is 11.4 Å². The summed E-state index contributed by atoms with van der Waals surface area (Å²) in [5.41, 5.74) is 2.22. The van der Waals surface area contributed by atoms with E-state index in [0.29, 0.717) is 18.4 Å². The zero-order valence-electron chi connectivity index (χ0n) is 13.0. The summed E-state index contributed by atoms with van der Waals surface area (Å²) in [6, 6.07) is 8.62. The number of anilines is 2. The number of fused-ring (bicyclic) bond motifs is 1. The van der Waals surface area contributed by atoms with E-state index in [1.165, 1.54) is 6.42 Å². The van der Waals surface area contributed by atoms with Crippen LogP contribution in [-0.2, 0) is 4.79 Å². The number of benzene rings is 1. The predicted molar refractivity (Wildman–Crippen MR) is 86.9 cm³/mol. The molecule has 0 aromatic heterocycles. The fraction of sp³-hybridized carbons (Fsp3) is 0.588. The molecular weight excluding hydrogens is 262 g/mol. The molecule has 2 heterocycles. The van der Waals surface area contributed by atoms with Crippen molar-refractivity contribution in [1.29, 1.82) is 0 Å². The van der Waals surface area contributed by atoms with E-state index < -0.39 is 0 Å². The lowest BCUT2D eigenvalue weighted by atomic mass is 10.1. The molecule has 0 spiro atoms. The first-order chi connectivity index (χ1) is 10.1. The summed E-state index contributed by atoms with van der Waals surface area (Å²) in [5.74, 6) is 0.729. The normalized spacial score (nSPS) is 25.6. The molecule has 0 radical (unpaired) electrons. The second-order valence-electron chi connectivity index (χ2n) is 6.48. The molecule has 1 aromatic rings. The first-order valence-electron chi connectivity index (χ1n) is 7.99. The highest BCUT2D eigenvalue weighted by Gasteiger charge is 2.28. The summed E-state index contributed by atoms with van der Waals surface area (Å²) in [6.45, 7) is 5.07. The van der Waals surface area contributed by atoms with E-state index in [-0.39, 0.29) is 5.91 Å². The monoisotopic (exact) mass is 287 g/mol. The summed E-state index contributed by atoms with van der Waals surface area (Å²) in [4.78, 5) is 17.1. The van der Waals surface area contributed by atoms with Crippen molar-refractivity contribution in [2.45, 2.75) is 32.2 Å². The van der Waals surface area contributed by atoms with Crippen LogP contribution in [0.4, 0.5) is 11.4 Å². The molecule has 2 aliphatic heterocycles. The van der Waals surface area contributed by atoms with Crippen molar-refractivity contribution >= 4 is 17.3 Å². The van der Waals surface area contributed by atoms with E-state index in [2.05, 4.69) is 36.3 Å². The van der Waals surface area contributed by atoms with Crippen molar-refractivity contribution in [1.82, 2.24) is 5.32 Å². The molecule has 0 bridgehead atoms. The maximum atomic E-state index is 12.8. The number of carbonyl (C=O) groups is 1. The molecule has 3 rings (SSSR count). The molecular formula is C17H25N3O. The summed E-state index contributed by atoms with van der Waals surface area (Å²) >= 11 is 0. The largest absolute Gasteiger partial charge is 0.373 e. The molecule has 114 valence electrons. The molecule has 2 aliphatic rings. The van der Waals surface area contributed by atoms with Crippen LogP contribution in [0.25, 0.3) is 0 Å². The third-order valence-electron chi connectivity index (χ3n) is 4.55. The summed E-state index contributed by atoms with van der Waals surface area (Å²) in [5, 5.41) is 3.43. The SMILES string of the molecule is CC1CN(C)c2ccccc2N(C(=O)CC2CCCN2)C1. The van der Waals surface area contributed by atoms with Gasteiger partial charge in [0.2, 0.25) is 5.91 Å². The summed E-state index contributed by atoms with van der Waals surface area (Å²) in [7, 11) is 2.11. The minimum Gasteiger partial charge on any atom is -0.373 e. The van der Waals surface area contributed by atoms with Gasteiger partial charge >= 0.3 is 0 Å². The van der Waals surface area contributed by atoms with Crippen LogP contribution in [0, 0.1) is 5.92 Å². The van der Waals surface area contributed by atoms with Crippen LogP contribution in [0.15, 0.2) is 24.3 Å². The molecule has 4 nitrogen and oxygen atoms in total. The van der Waals surface area contributed by atoms with Gasteiger partial charge in [-0.1, -0.05) is 19.1 Å². The van der Waals surface area contributed by atoms with E-state index in [0.717, 1.165) is 37.4 Å². The molecule has 1 amide bonds. The van der Waals surface area contributed by atoms with Gasteiger partial charge in [0, 0.05) is 32.6 Å². The highest BCUT2D eigenvalue weighted by Crippen LogP contribution is 2.33. The number of amides is 1. The molecule has 1 aromatic carbocycles. The highest BCUT2D eigenvalue weighted by atomic mass is 16.2. The molecule has 1 N–H and O–H groups in total. The third-order valence-corrected chi connectivity index (χ3v) is 4.55. The number of nitrogens with zero attached hydrogens (tertiary/aromatic N) is 2. The van der Waals surface area contributed by atoms with Crippen molar-refractivity contribution in [3.05, 3.63) is 24.3 Å². The van der Waals surface area contributed by atoms with Crippen LogP contribution in [0.3, 0.4) is 0 Å². The number of hydrogen-bond donors (Lipinski definition) is 1. The maximum absolute atomic E-state index is 12.8. The lowest BCUT2D eigenvalue weighted by Gasteiger charge is -2.25. The van der Waals surface area contributed by atoms with Crippen LogP contribution in [-0.4, -0.2) is 38.6 Å². The standard InChI is InChI=1S/C17H25N3O/c1-13-11-19(2)15-7-3-4-8-16(15)20(12-13)17(21)10-14-6-5-9-18-14/h3-4,7-8,13-14,18H,5-6,9-12H2,1-2H3. The summed E-state index contributed by atoms with van der Waals surface area (Å²) < 4.78 is 0. The average Bonchev–Trinajstić information content (AvgIpc) is 2.93. The average molecular weight is 287 g/mol. The number of nitrogens with one attached hydrogen (secondary N) is 1.